The van der Waals surface area contributed by atoms with Crippen LogP contribution in [0.2, 0.25) is 0 Å². The Hall–Kier alpha value is -2.49. The topological polar surface area (TPSA) is 47.6 Å². The fraction of sp³-hybridized carbons (Fsp3) is 0.381. The molecule has 1 N–H and O–H groups in total. The summed E-state index contributed by atoms with van der Waals surface area (Å²) in [7, 11) is 0. The summed E-state index contributed by atoms with van der Waals surface area (Å²) < 4.78 is 12.4. The molecule has 0 radical (unpaired) electrons. The summed E-state index contributed by atoms with van der Waals surface area (Å²) in [6.45, 7) is 0.360. The minimum atomic E-state index is -0.716. The van der Waals surface area contributed by atoms with E-state index in [9.17, 15) is 4.79 Å². The van der Waals surface area contributed by atoms with E-state index in [2.05, 4.69) is 11.4 Å². The summed E-state index contributed by atoms with van der Waals surface area (Å²) in [5.41, 5.74) is 3.46. The molecule has 0 saturated heterocycles. The first kappa shape index (κ1) is 13.8. The highest BCUT2D eigenvalue weighted by atomic mass is 16.5. The van der Waals surface area contributed by atoms with Crippen molar-refractivity contribution in [1.29, 1.82) is 0 Å². The summed E-state index contributed by atoms with van der Waals surface area (Å²) in [4.78, 5) is 12.9. The van der Waals surface area contributed by atoms with Crippen LogP contribution in [-0.4, -0.2) is 18.1 Å². The molecule has 2 spiro atoms. The lowest BCUT2D eigenvalue weighted by molar-refractivity contribution is -0.119. The Kier molecular flexibility index (Phi) is 2.40. The summed E-state index contributed by atoms with van der Waals surface area (Å²) in [5.74, 6) is 1.76. The van der Waals surface area contributed by atoms with Crippen LogP contribution < -0.4 is 14.8 Å². The number of benzene rings is 2. The Morgan fingerprint density at radius 3 is 2.72 bits per heavy atom. The number of hydrogen-bond donors (Lipinski definition) is 1. The van der Waals surface area contributed by atoms with Gasteiger partial charge in [-0.3, -0.25) is 4.79 Å². The van der Waals surface area contributed by atoms with Gasteiger partial charge >= 0.3 is 0 Å². The van der Waals surface area contributed by atoms with Crippen LogP contribution in [-0.2, 0) is 16.6 Å². The van der Waals surface area contributed by atoms with E-state index in [1.165, 1.54) is 12.0 Å². The zero-order chi connectivity index (χ0) is 16.6. The van der Waals surface area contributed by atoms with Gasteiger partial charge in [0.2, 0.25) is 5.91 Å². The first-order chi connectivity index (χ1) is 12.2. The molecule has 3 heterocycles. The van der Waals surface area contributed by atoms with Gasteiger partial charge in [-0.15, -0.1) is 0 Å². The van der Waals surface area contributed by atoms with Crippen LogP contribution in [0, 0.1) is 0 Å². The number of carbonyl (C=O) groups excluding carboxylic acids is 1. The number of carbonyl (C=O) groups is 1. The summed E-state index contributed by atoms with van der Waals surface area (Å²) in [5, 5.41) is 3.03. The van der Waals surface area contributed by atoms with Gasteiger partial charge in [0.05, 0.1) is 0 Å². The van der Waals surface area contributed by atoms with Crippen molar-refractivity contribution < 1.29 is 14.3 Å². The van der Waals surface area contributed by atoms with Crippen LogP contribution in [0.5, 0.6) is 11.5 Å². The monoisotopic (exact) mass is 333 g/mol. The van der Waals surface area contributed by atoms with Gasteiger partial charge in [0, 0.05) is 17.3 Å². The van der Waals surface area contributed by atoms with E-state index in [1.807, 2.05) is 30.3 Å². The maximum Gasteiger partial charge on any atom is 0.243 e. The predicted octanol–water partition coefficient (Wildman–Crippen LogP) is 3.56. The maximum absolute atomic E-state index is 12.9. The third-order valence-electron chi connectivity index (χ3n) is 6.53. The zero-order valence-corrected chi connectivity index (χ0v) is 13.9. The molecule has 1 fully saturated rings. The van der Waals surface area contributed by atoms with E-state index < -0.39 is 5.41 Å². The second-order valence-corrected chi connectivity index (χ2v) is 7.79. The second kappa shape index (κ2) is 4.37. The largest absolute Gasteiger partial charge is 0.491 e. The number of hydrogen-bond acceptors (Lipinski definition) is 3. The second-order valence-electron chi connectivity index (χ2n) is 7.79. The zero-order valence-electron chi connectivity index (χ0n) is 13.9. The maximum atomic E-state index is 12.9. The Balaban J connectivity index is 1.51. The number of rotatable bonds is 0. The third kappa shape index (κ3) is 1.60. The van der Waals surface area contributed by atoms with Crippen LogP contribution in [0.25, 0.3) is 0 Å². The molecule has 1 unspecified atom stereocenters. The van der Waals surface area contributed by atoms with Crippen molar-refractivity contribution in [3.63, 3.8) is 0 Å². The fourth-order valence-corrected chi connectivity index (χ4v) is 4.91. The van der Waals surface area contributed by atoms with Crippen LogP contribution >= 0.6 is 0 Å². The van der Waals surface area contributed by atoms with E-state index >= 15 is 0 Å². The molecule has 4 heteroatoms. The lowest BCUT2D eigenvalue weighted by Crippen LogP contribution is -2.45. The van der Waals surface area contributed by atoms with E-state index in [1.54, 1.807) is 0 Å². The average molecular weight is 333 g/mol. The molecule has 1 atom stereocenters. The van der Waals surface area contributed by atoms with Gasteiger partial charge < -0.3 is 14.8 Å². The highest BCUT2D eigenvalue weighted by Crippen LogP contribution is 2.53. The highest BCUT2D eigenvalue weighted by Gasteiger charge is 2.54. The molecule has 1 saturated carbocycles. The molecule has 2 aromatic carbocycles. The first-order valence-corrected chi connectivity index (χ1v) is 9.10. The van der Waals surface area contributed by atoms with Gasteiger partial charge in [0.1, 0.15) is 29.1 Å². The van der Waals surface area contributed by atoms with Crippen LogP contribution in [0.3, 0.4) is 0 Å². The van der Waals surface area contributed by atoms with E-state index in [0.29, 0.717) is 6.61 Å². The van der Waals surface area contributed by atoms with Crippen LogP contribution in [0.4, 0.5) is 5.69 Å². The van der Waals surface area contributed by atoms with Crippen LogP contribution in [0.15, 0.2) is 36.4 Å². The average Bonchev–Trinajstić information content (AvgIpc) is 3.11. The highest BCUT2D eigenvalue weighted by molar-refractivity contribution is 6.09. The number of fused-ring (bicyclic) bond motifs is 5. The Labute approximate surface area is 146 Å². The molecule has 6 rings (SSSR count). The van der Waals surface area contributed by atoms with E-state index in [0.717, 1.165) is 54.0 Å². The number of amides is 1. The molecule has 0 bridgehead atoms. The van der Waals surface area contributed by atoms with Gasteiger partial charge in [-0.2, -0.15) is 0 Å². The number of ether oxygens (including phenoxy) is 2. The van der Waals surface area contributed by atoms with Crippen molar-refractivity contribution in [1.82, 2.24) is 0 Å². The van der Waals surface area contributed by atoms with Gasteiger partial charge in [0.15, 0.2) is 0 Å². The standard InChI is InChI=1S/C21H19NO3/c23-19-21(14-4-1-2-5-16(14)22-19)12-24-18-11-17-13(10-15(18)21)6-9-20(25-17)7-3-8-20/h1-2,4-5,10-11H,3,6-9,12H2,(H,22,23). The number of anilines is 1. The van der Waals surface area contributed by atoms with Crippen molar-refractivity contribution >= 4 is 11.6 Å². The van der Waals surface area contributed by atoms with Crippen molar-refractivity contribution in [3.05, 3.63) is 53.1 Å². The molecular formula is C21H19NO3. The van der Waals surface area contributed by atoms with E-state index in [-0.39, 0.29) is 11.5 Å². The van der Waals surface area contributed by atoms with Crippen molar-refractivity contribution in [3.8, 4) is 11.5 Å². The number of nitrogens with one attached hydrogen (secondary N) is 1. The number of para-hydroxylation sites is 1. The number of aryl methyl sites for hydroxylation is 1. The van der Waals surface area contributed by atoms with E-state index in [4.69, 9.17) is 9.47 Å². The Morgan fingerprint density at radius 2 is 1.88 bits per heavy atom. The smallest absolute Gasteiger partial charge is 0.243 e. The molecule has 1 amide bonds. The fourth-order valence-electron chi connectivity index (χ4n) is 4.91. The third-order valence-corrected chi connectivity index (χ3v) is 6.53. The molecule has 3 aliphatic heterocycles. The van der Waals surface area contributed by atoms with Gasteiger partial charge in [-0.25, -0.2) is 0 Å². The lowest BCUT2D eigenvalue weighted by Gasteiger charge is -2.45. The minimum Gasteiger partial charge on any atom is -0.491 e. The van der Waals surface area contributed by atoms with Gasteiger partial charge in [0.25, 0.3) is 0 Å². The minimum absolute atomic E-state index is 0.0135. The quantitative estimate of drug-likeness (QED) is 0.802. The van der Waals surface area contributed by atoms with Crippen molar-refractivity contribution in [2.24, 2.45) is 0 Å². The molecular weight excluding hydrogens is 314 g/mol. The van der Waals surface area contributed by atoms with Crippen molar-refractivity contribution in [2.75, 3.05) is 11.9 Å². The molecule has 25 heavy (non-hydrogen) atoms. The summed E-state index contributed by atoms with van der Waals surface area (Å²) in [6, 6.07) is 12.1. The Bertz CT molecular complexity index is 931. The molecule has 1 aliphatic carbocycles. The normalized spacial score (nSPS) is 27.0. The molecule has 4 aliphatic rings. The van der Waals surface area contributed by atoms with Crippen molar-refractivity contribution in [2.45, 2.75) is 43.1 Å². The molecule has 2 aromatic rings. The first-order valence-electron chi connectivity index (χ1n) is 9.10. The molecule has 126 valence electrons. The van der Waals surface area contributed by atoms with Gasteiger partial charge in [-0.05, 0) is 55.4 Å². The van der Waals surface area contributed by atoms with Crippen LogP contribution in [0.1, 0.15) is 42.4 Å². The van der Waals surface area contributed by atoms with Gasteiger partial charge in [-0.1, -0.05) is 18.2 Å². The predicted molar refractivity (Wildman–Crippen MR) is 93.3 cm³/mol. The molecule has 0 aromatic heterocycles. The molecule has 4 nitrogen and oxygen atoms in total. The Morgan fingerprint density at radius 1 is 1.00 bits per heavy atom. The summed E-state index contributed by atoms with van der Waals surface area (Å²) >= 11 is 0. The lowest BCUT2D eigenvalue weighted by atomic mass is 9.73. The SMILES string of the molecule is O=C1Nc2ccccc2C12COc1cc3c(cc12)CCC1(CCC1)O3. The summed E-state index contributed by atoms with van der Waals surface area (Å²) in [6.07, 6.45) is 5.67.